The SMILES string of the molecule is Cc1cc(S(=O)(=O)N2CCN(CC(=O)NCC(=O)O)CC2)c(C)s1. The Balaban J connectivity index is 1.91. The topological polar surface area (TPSA) is 107 Å². The van der Waals surface area contributed by atoms with Gasteiger partial charge in [-0.15, -0.1) is 11.3 Å². The monoisotopic (exact) mass is 375 g/mol. The number of nitrogens with zero attached hydrogens (tertiary/aromatic N) is 2. The van der Waals surface area contributed by atoms with E-state index in [2.05, 4.69) is 5.32 Å². The average molecular weight is 375 g/mol. The van der Waals surface area contributed by atoms with Gasteiger partial charge in [0.2, 0.25) is 15.9 Å². The van der Waals surface area contributed by atoms with Gasteiger partial charge < -0.3 is 10.4 Å². The van der Waals surface area contributed by atoms with Crippen LogP contribution in [0.3, 0.4) is 0 Å². The summed E-state index contributed by atoms with van der Waals surface area (Å²) < 4.78 is 26.8. The minimum Gasteiger partial charge on any atom is -0.480 e. The van der Waals surface area contributed by atoms with E-state index < -0.39 is 22.5 Å². The molecule has 24 heavy (non-hydrogen) atoms. The molecule has 1 aliphatic rings. The van der Waals surface area contributed by atoms with Crippen LogP contribution in [0.25, 0.3) is 0 Å². The number of rotatable bonds is 6. The van der Waals surface area contributed by atoms with E-state index in [-0.39, 0.29) is 12.5 Å². The molecule has 0 saturated carbocycles. The van der Waals surface area contributed by atoms with Gasteiger partial charge in [0.1, 0.15) is 6.54 Å². The number of hydrogen-bond acceptors (Lipinski definition) is 6. The number of hydrogen-bond donors (Lipinski definition) is 2. The highest BCUT2D eigenvalue weighted by molar-refractivity contribution is 7.89. The van der Waals surface area contributed by atoms with Crippen LogP contribution < -0.4 is 5.32 Å². The first-order valence-corrected chi connectivity index (χ1v) is 9.74. The van der Waals surface area contributed by atoms with E-state index in [1.165, 1.54) is 15.6 Å². The number of carboxylic acid groups (broad SMARTS) is 1. The van der Waals surface area contributed by atoms with Gasteiger partial charge in [0.25, 0.3) is 0 Å². The first kappa shape index (κ1) is 18.8. The molecule has 0 aromatic carbocycles. The fourth-order valence-corrected chi connectivity index (χ4v) is 5.51. The molecule has 10 heteroatoms. The van der Waals surface area contributed by atoms with Crippen LogP contribution in [0.4, 0.5) is 0 Å². The zero-order chi connectivity index (χ0) is 17.9. The number of nitrogens with one attached hydrogen (secondary N) is 1. The van der Waals surface area contributed by atoms with Crippen molar-refractivity contribution < 1.29 is 23.1 Å². The molecule has 0 aliphatic carbocycles. The summed E-state index contributed by atoms with van der Waals surface area (Å²) in [6, 6.07) is 1.70. The molecule has 1 aliphatic heterocycles. The van der Waals surface area contributed by atoms with Gasteiger partial charge in [0.15, 0.2) is 0 Å². The molecule has 2 N–H and O–H groups in total. The molecule has 134 valence electrons. The second-order valence-electron chi connectivity index (χ2n) is 5.63. The zero-order valence-corrected chi connectivity index (χ0v) is 15.2. The molecule has 1 fully saturated rings. The normalized spacial score (nSPS) is 16.9. The number of carbonyl (C=O) groups excluding carboxylic acids is 1. The highest BCUT2D eigenvalue weighted by Gasteiger charge is 2.30. The van der Waals surface area contributed by atoms with Crippen LogP contribution in [0.5, 0.6) is 0 Å². The maximum atomic E-state index is 12.7. The Labute approximate surface area is 145 Å². The summed E-state index contributed by atoms with van der Waals surface area (Å²) in [6.07, 6.45) is 0. The molecule has 2 rings (SSSR count). The minimum atomic E-state index is -3.51. The fourth-order valence-electron chi connectivity index (χ4n) is 2.56. The van der Waals surface area contributed by atoms with Crippen LogP contribution >= 0.6 is 11.3 Å². The summed E-state index contributed by atoms with van der Waals surface area (Å²) in [4.78, 5) is 25.9. The lowest BCUT2D eigenvalue weighted by atomic mass is 10.3. The first-order chi connectivity index (χ1) is 11.2. The van der Waals surface area contributed by atoms with Gasteiger partial charge in [-0.1, -0.05) is 0 Å². The van der Waals surface area contributed by atoms with Gasteiger partial charge in [-0.05, 0) is 19.9 Å². The molecule has 0 spiro atoms. The standard InChI is InChI=1S/C14H21N3O5S2/c1-10-7-12(11(2)23-10)24(21,22)17-5-3-16(4-6-17)9-13(18)15-8-14(19)20/h7H,3-6,8-9H2,1-2H3,(H,15,18)(H,19,20). The molecule has 1 saturated heterocycles. The van der Waals surface area contributed by atoms with Gasteiger partial charge in [-0.2, -0.15) is 4.31 Å². The molecule has 1 aromatic heterocycles. The zero-order valence-electron chi connectivity index (χ0n) is 13.6. The maximum absolute atomic E-state index is 12.7. The molecule has 1 amide bonds. The van der Waals surface area contributed by atoms with Crippen molar-refractivity contribution in [3.05, 3.63) is 15.8 Å². The Morgan fingerprint density at radius 1 is 1.25 bits per heavy atom. The average Bonchev–Trinajstić information content (AvgIpc) is 2.85. The Bertz CT molecular complexity index is 721. The first-order valence-electron chi connectivity index (χ1n) is 7.48. The Morgan fingerprint density at radius 2 is 1.88 bits per heavy atom. The van der Waals surface area contributed by atoms with Crippen molar-refractivity contribution in [3.8, 4) is 0 Å². The number of carbonyl (C=O) groups is 2. The molecular weight excluding hydrogens is 354 g/mol. The summed E-state index contributed by atoms with van der Waals surface area (Å²) in [5.74, 6) is -1.47. The van der Waals surface area contributed by atoms with E-state index >= 15 is 0 Å². The molecule has 0 atom stereocenters. The summed E-state index contributed by atoms with van der Waals surface area (Å²) in [5, 5.41) is 10.8. The van der Waals surface area contributed by atoms with E-state index in [1.54, 1.807) is 13.0 Å². The predicted octanol–water partition coefficient (Wildman–Crippen LogP) is -0.128. The Hall–Kier alpha value is -1.49. The Morgan fingerprint density at radius 3 is 2.38 bits per heavy atom. The summed E-state index contributed by atoms with van der Waals surface area (Å²) in [6.45, 7) is 4.81. The van der Waals surface area contributed by atoms with Crippen LogP contribution in [0, 0.1) is 13.8 Å². The highest BCUT2D eigenvalue weighted by atomic mass is 32.2. The molecular formula is C14H21N3O5S2. The van der Waals surface area contributed by atoms with Crippen molar-refractivity contribution in [3.63, 3.8) is 0 Å². The Kier molecular flexibility index (Phi) is 5.97. The lowest BCUT2D eigenvalue weighted by Crippen LogP contribution is -2.51. The van der Waals surface area contributed by atoms with E-state index in [9.17, 15) is 18.0 Å². The number of thiophene rings is 1. The quantitative estimate of drug-likeness (QED) is 0.717. The lowest BCUT2D eigenvalue weighted by molar-refractivity contribution is -0.138. The lowest BCUT2D eigenvalue weighted by Gasteiger charge is -2.33. The van der Waals surface area contributed by atoms with Crippen molar-refractivity contribution in [2.45, 2.75) is 18.7 Å². The molecule has 0 radical (unpaired) electrons. The van der Waals surface area contributed by atoms with Crippen LogP contribution in [0.15, 0.2) is 11.0 Å². The van der Waals surface area contributed by atoms with Crippen LogP contribution in [-0.2, 0) is 19.6 Å². The van der Waals surface area contributed by atoms with Crippen LogP contribution in [0.2, 0.25) is 0 Å². The van der Waals surface area contributed by atoms with Crippen molar-refractivity contribution in [2.75, 3.05) is 39.3 Å². The minimum absolute atomic E-state index is 0.0672. The number of amides is 1. The van der Waals surface area contributed by atoms with Crippen molar-refractivity contribution in [1.29, 1.82) is 0 Å². The molecule has 8 nitrogen and oxygen atoms in total. The van der Waals surface area contributed by atoms with Crippen LogP contribution in [0.1, 0.15) is 9.75 Å². The second-order valence-corrected chi connectivity index (χ2v) is 8.99. The van der Waals surface area contributed by atoms with Crippen molar-refractivity contribution >= 4 is 33.2 Å². The predicted molar refractivity (Wildman–Crippen MR) is 89.6 cm³/mol. The molecule has 0 unspecified atom stereocenters. The van der Waals surface area contributed by atoms with Gasteiger partial charge >= 0.3 is 5.97 Å². The second kappa shape index (κ2) is 7.60. The number of aliphatic carboxylic acids is 1. The van der Waals surface area contributed by atoms with Gasteiger partial charge in [0, 0.05) is 35.9 Å². The van der Waals surface area contributed by atoms with Crippen molar-refractivity contribution in [2.24, 2.45) is 0 Å². The van der Waals surface area contributed by atoms with Crippen LogP contribution in [-0.4, -0.2) is 73.9 Å². The maximum Gasteiger partial charge on any atom is 0.322 e. The third-order valence-corrected chi connectivity index (χ3v) is 6.87. The van der Waals surface area contributed by atoms with Gasteiger partial charge in [-0.3, -0.25) is 14.5 Å². The third kappa shape index (κ3) is 4.53. The highest BCUT2D eigenvalue weighted by Crippen LogP contribution is 2.28. The number of carboxylic acids is 1. The largest absolute Gasteiger partial charge is 0.480 e. The number of piperazine rings is 1. The number of sulfonamides is 1. The molecule has 1 aromatic rings. The smallest absolute Gasteiger partial charge is 0.322 e. The van der Waals surface area contributed by atoms with Gasteiger partial charge in [-0.25, -0.2) is 8.42 Å². The van der Waals surface area contributed by atoms with Crippen molar-refractivity contribution in [1.82, 2.24) is 14.5 Å². The number of aryl methyl sites for hydroxylation is 2. The van der Waals surface area contributed by atoms with E-state index in [1.807, 2.05) is 11.8 Å². The summed E-state index contributed by atoms with van der Waals surface area (Å²) in [7, 11) is -3.51. The molecule has 0 bridgehead atoms. The van der Waals surface area contributed by atoms with E-state index in [0.717, 1.165) is 9.75 Å². The van der Waals surface area contributed by atoms with E-state index in [4.69, 9.17) is 5.11 Å². The molecule has 2 heterocycles. The van der Waals surface area contributed by atoms with E-state index in [0.29, 0.717) is 31.1 Å². The van der Waals surface area contributed by atoms with Gasteiger partial charge in [0.05, 0.1) is 11.4 Å². The fraction of sp³-hybridized carbons (Fsp3) is 0.571. The summed E-state index contributed by atoms with van der Waals surface area (Å²) >= 11 is 1.46. The third-order valence-electron chi connectivity index (χ3n) is 3.75. The summed E-state index contributed by atoms with van der Waals surface area (Å²) in [5.41, 5.74) is 0.